The molecule has 0 aliphatic carbocycles. The Kier molecular flexibility index (Phi) is 4.49. The van der Waals surface area contributed by atoms with Crippen LogP contribution in [-0.4, -0.2) is 46.6 Å². The van der Waals surface area contributed by atoms with Crippen molar-refractivity contribution in [3.8, 4) is 0 Å². The third kappa shape index (κ3) is 3.36. The van der Waals surface area contributed by atoms with E-state index < -0.39 is 0 Å². The molecule has 3 heterocycles. The quantitative estimate of drug-likeness (QED) is 0.850. The lowest BCUT2D eigenvalue weighted by atomic mass is 9.83. The van der Waals surface area contributed by atoms with E-state index in [1.807, 2.05) is 55.1 Å². The Morgan fingerprint density at radius 1 is 1.15 bits per heavy atom. The third-order valence-electron chi connectivity index (χ3n) is 5.25. The third-order valence-corrected chi connectivity index (χ3v) is 5.25. The van der Waals surface area contributed by atoms with E-state index in [1.54, 1.807) is 0 Å². The van der Waals surface area contributed by atoms with Crippen LogP contribution in [0.3, 0.4) is 0 Å². The lowest BCUT2D eigenvalue weighted by molar-refractivity contribution is -0.00472. The van der Waals surface area contributed by atoms with Gasteiger partial charge in [-0.1, -0.05) is 30.3 Å². The molecule has 0 unspecified atom stereocenters. The molecule has 0 N–H and O–H groups in total. The molecule has 6 heteroatoms. The van der Waals surface area contributed by atoms with Gasteiger partial charge in [-0.15, -0.1) is 0 Å². The average Bonchev–Trinajstić information content (AvgIpc) is 2.61. The van der Waals surface area contributed by atoms with Gasteiger partial charge in [0.2, 0.25) is 5.95 Å². The lowest BCUT2D eigenvalue weighted by Gasteiger charge is -2.52. The number of benzene rings is 1. The molecule has 2 aromatic rings. The zero-order chi connectivity index (χ0) is 18.1. The van der Waals surface area contributed by atoms with Crippen molar-refractivity contribution in [2.45, 2.75) is 32.9 Å². The summed E-state index contributed by atoms with van der Waals surface area (Å²) in [6.07, 6.45) is 0.835. The molecule has 1 amide bonds. The molecule has 26 heavy (non-hydrogen) atoms. The molecule has 136 valence electrons. The standard InChI is InChI=1S/C20H24N4O2/c1-14-10-15(2)22-19(21-14)23-9-8-17-11-24(18(17)12-23)20(25)26-13-16-6-4-3-5-7-16/h3-7,10,17-18H,8-9,11-13H2,1-2H3/t17-,18-/m1/s1. The van der Waals surface area contributed by atoms with Gasteiger partial charge in [0.15, 0.2) is 0 Å². The molecular weight excluding hydrogens is 328 g/mol. The van der Waals surface area contributed by atoms with Gasteiger partial charge in [0.1, 0.15) is 6.61 Å². The summed E-state index contributed by atoms with van der Waals surface area (Å²) in [5, 5.41) is 0. The van der Waals surface area contributed by atoms with Gasteiger partial charge in [0.25, 0.3) is 0 Å². The summed E-state index contributed by atoms with van der Waals surface area (Å²) in [4.78, 5) is 25.6. The molecule has 1 aromatic carbocycles. The van der Waals surface area contributed by atoms with Crippen LogP contribution < -0.4 is 4.90 Å². The number of fused-ring (bicyclic) bond motifs is 1. The minimum atomic E-state index is -0.224. The Labute approximate surface area is 153 Å². The van der Waals surface area contributed by atoms with Gasteiger partial charge in [-0.05, 0) is 31.9 Å². The van der Waals surface area contributed by atoms with Crippen molar-refractivity contribution in [3.63, 3.8) is 0 Å². The predicted molar refractivity (Wildman–Crippen MR) is 98.9 cm³/mol. The largest absolute Gasteiger partial charge is 0.445 e. The van der Waals surface area contributed by atoms with E-state index in [9.17, 15) is 4.79 Å². The van der Waals surface area contributed by atoms with Crippen LogP contribution in [0, 0.1) is 19.8 Å². The molecule has 2 saturated heterocycles. The SMILES string of the molecule is Cc1cc(C)nc(N2CC[C@@H]3CN(C(=O)OCc4ccccc4)[C@@H]3C2)n1. The zero-order valence-electron chi connectivity index (χ0n) is 15.3. The van der Waals surface area contributed by atoms with Crippen molar-refractivity contribution in [3.05, 3.63) is 53.3 Å². The maximum Gasteiger partial charge on any atom is 0.410 e. The molecule has 2 aliphatic rings. The van der Waals surface area contributed by atoms with Gasteiger partial charge in [-0.2, -0.15) is 0 Å². The van der Waals surface area contributed by atoms with E-state index >= 15 is 0 Å². The van der Waals surface area contributed by atoms with Crippen LogP contribution in [0.1, 0.15) is 23.4 Å². The van der Waals surface area contributed by atoms with Gasteiger partial charge in [0.05, 0.1) is 6.04 Å². The number of amides is 1. The summed E-state index contributed by atoms with van der Waals surface area (Å²) < 4.78 is 5.50. The number of ether oxygens (including phenoxy) is 1. The van der Waals surface area contributed by atoms with Crippen molar-refractivity contribution in [2.75, 3.05) is 24.5 Å². The number of aryl methyl sites for hydroxylation is 2. The van der Waals surface area contributed by atoms with Crippen molar-refractivity contribution in [2.24, 2.45) is 5.92 Å². The number of hydrogen-bond acceptors (Lipinski definition) is 5. The fourth-order valence-corrected chi connectivity index (χ4v) is 3.84. The Morgan fingerprint density at radius 2 is 1.88 bits per heavy atom. The number of piperidine rings is 1. The van der Waals surface area contributed by atoms with Crippen molar-refractivity contribution in [1.29, 1.82) is 0 Å². The molecule has 4 rings (SSSR count). The van der Waals surface area contributed by atoms with E-state index in [4.69, 9.17) is 4.74 Å². The number of hydrogen-bond donors (Lipinski definition) is 0. The van der Waals surface area contributed by atoms with Crippen LogP contribution in [0.5, 0.6) is 0 Å². The highest BCUT2D eigenvalue weighted by atomic mass is 16.6. The molecule has 2 atom stereocenters. The minimum absolute atomic E-state index is 0.191. The average molecular weight is 352 g/mol. The first kappa shape index (κ1) is 16.8. The van der Waals surface area contributed by atoms with Gasteiger partial charge in [0, 0.05) is 36.9 Å². The normalized spacial score (nSPS) is 21.8. The monoisotopic (exact) mass is 352 g/mol. The van der Waals surface area contributed by atoms with Gasteiger partial charge in [-0.3, -0.25) is 0 Å². The number of aromatic nitrogens is 2. The second-order valence-corrected chi connectivity index (χ2v) is 7.21. The highest BCUT2D eigenvalue weighted by Gasteiger charge is 2.46. The number of carbonyl (C=O) groups is 1. The molecular formula is C20H24N4O2. The Morgan fingerprint density at radius 3 is 2.62 bits per heavy atom. The summed E-state index contributed by atoms with van der Waals surface area (Å²) in [6, 6.07) is 12.0. The second-order valence-electron chi connectivity index (χ2n) is 7.21. The Bertz CT molecular complexity index is 775. The first-order valence-electron chi connectivity index (χ1n) is 9.15. The zero-order valence-corrected chi connectivity index (χ0v) is 15.3. The van der Waals surface area contributed by atoms with Gasteiger partial charge in [-0.25, -0.2) is 14.8 Å². The molecule has 1 aromatic heterocycles. The maximum absolute atomic E-state index is 12.5. The first-order valence-corrected chi connectivity index (χ1v) is 9.15. The molecule has 0 bridgehead atoms. The van der Waals surface area contributed by atoms with Crippen LogP contribution >= 0.6 is 0 Å². The lowest BCUT2D eigenvalue weighted by Crippen LogP contribution is -2.66. The van der Waals surface area contributed by atoms with Crippen molar-refractivity contribution >= 4 is 12.0 Å². The fraction of sp³-hybridized carbons (Fsp3) is 0.450. The van der Waals surface area contributed by atoms with E-state index in [0.717, 1.165) is 49.0 Å². The second kappa shape index (κ2) is 6.94. The van der Waals surface area contributed by atoms with Crippen LogP contribution in [0.2, 0.25) is 0 Å². The molecule has 2 fully saturated rings. The van der Waals surface area contributed by atoms with Crippen LogP contribution in [-0.2, 0) is 11.3 Å². The first-order chi connectivity index (χ1) is 12.6. The molecule has 0 radical (unpaired) electrons. The van der Waals surface area contributed by atoms with Crippen molar-refractivity contribution in [1.82, 2.24) is 14.9 Å². The van der Waals surface area contributed by atoms with Gasteiger partial charge < -0.3 is 14.5 Å². The number of likely N-dealkylation sites (tertiary alicyclic amines) is 1. The van der Waals surface area contributed by atoms with Crippen LogP contribution in [0.25, 0.3) is 0 Å². The number of carbonyl (C=O) groups excluding carboxylic acids is 1. The van der Waals surface area contributed by atoms with Crippen molar-refractivity contribution < 1.29 is 9.53 Å². The number of rotatable bonds is 3. The summed E-state index contributed by atoms with van der Waals surface area (Å²) in [7, 11) is 0. The summed E-state index contributed by atoms with van der Waals surface area (Å²) in [6.45, 7) is 6.80. The van der Waals surface area contributed by atoms with E-state index in [2.05, 4.69) is 14.9 Å². The molecule has 0 saturated carbocycles. The van der Waals surface area contributed by atoms with E-state index in [-0.39, 0.29) is 12.1 Å². The fourth-order valence-electron chi connectivity index (χ4n) is 3.84. The molecule has 2 aliphatic heterocycles. The predicted octanol–water partition coefficient (Wildman–Crippen LogP) is 2.94. The number of nitrogens with zero attached hydrogens (tertiary/aromatic N) is 4. The maximum atomic E-state index is 12.5. The summed E-state index contributed by atoms with van der Waals surface area (Å²) in [5.74, 6) is 1.33. The molecule has 0 spiro atoms. The highest BCUT2D eigenvalue weighted by molar-refractivity contribution is 5.69. The smallest absolute Gasteiger partial charge is 0.410 e. The summed E-state index contributed by atoms with van der Waals surface area (Å²) >= 11 is 0. The summed E-state index contributed by atoms with van der Waals surface area (Å²) in [5.41, 5.74) is 2.96. The Hall–Kier alpha value is -2.63. The minimum Gasteiger partial charge on any atom is -0.445 e. The Balaban J connectivity index is 1.38. The molecule has 6 nitrogen and oxygen atoms in total. The van der Waals surface area contributed by atoms with E-state index in [0.29, 0.717) is 12.5 Å². The van der Waals surface area contributed by atoms with E-state index in [1.165, 1.54) is 0 Å². The van der Waals surface area contributed by atoms with Crippen LogP contribution in [0.15, 0.2) is 36.4 Å². The van der Waals surface area contributed by atoms with Crippen LogP contribution in [0.4, 0.5) is 10.7 Å². The highest BCUT2D eigenvalue weighted by Crippen LogP contribution is 2.34. The van der Waals surface area contributed by atoms with Gasteiger partial charge >= 0.3 is 6.09 Å². The topological polar surface area (TPSA) is 58.6 Å². The number of anilines is 1.